The van der Waals surface area contributed by atoms with Gasteiger partial charge in [-0.25, -0.2) is 0 Å². The summed E-state index contributed by atoms with van der Waals surface area (Å²) in [5.41, 5.74) is 0.305. The van der Waals surface area contributed by atoms with Gasteiger partial charge in [0.15, 0.2) is 5.69 Å². The molecule has 0 radical (unpaired) electrons. The molecule has 0 aliphatic rings. The third kappa shape index (κ3) is 4.37. The first-order valence-corrected chi connectivity index (χ1v) is 5.05. The minimum atomic E-state index is -0.214. The van der Waals surface area contributed by atoms with Crippen LogP contribution >= 0.6 is 0 Å². The monoisotopic (exact) mass is 227 g/mol. The van der Waals surface area contributed by atoms with E-state index in [4.69, 9.17) is 4.74 Å². The van der Waals surface area contributed by atoms with E-state index in [-0.39, 0.29) is 5.91 Å². The highest BCUT2D eigenvalue weighted by atomic mass is 16.5. The van der Waals surface area contributed by atoms with Crippen LogP contribution in [-0.2, 0) is 4.74 Å². The second kappa shape index (κ2) is 6.91. The molecule has 0 aliphatic heterocycles. The molecule has 16 heavy (non-hydrogen) atoms. The normalized spacial score (nSPS) is 10.7. The van der Waals surface area contributed by atoms with E-state index in [0.29, 0.717) is 18.8 Å². The fraction of sp³-hybridized carbons (Fsp3) is 0.667. The predicted octanol–water partition coefficient (Wildman–Crippen LogP) is -0.887. The fourth-order valence-electron chi connectivity index (χ4n) is 1.12. The van der Waals surface area contributed by atoms with E-state index in [9.17, 15) is 4.79 Å². The Morgan fingerprint density at radius 1 is 1.62 bits per heavy atom. The number of nitrogens with one attached hydrogen (secondary N) is 2. The maximum absolute atomic E-state index is 11.4. The summed E-state index contributed by atoms with van der Waals surface area (Å²) in [5, 5.41) is 12.4. The molecule has 7 nitrogen and oxygen atoms in total. The lowest BCUT2D eigenvalue weighted by atomic mass is 10.4. The smallest absolute Gasteiger partial charge is 0.273 e. The van der Waals surface area contributed by atoms with Gasteiger partial charge in [0.2, 0.25) is 0 Å². The summed E-state index contributed by atoms with van der Waals surface area (Å²) in [6, 6.07) is 0. The van der Waals surface area contributed by atoms with Crippen LogP contribution in [0.25, 0.3) is 0 Å². The zero-order chi connectivity index (χ0) is 11.8. The van der Waals surface area contributed by atoms with Crippen molar-refractivity contribution in [3.8, 4) is 0 Å². The summed E-state index contributed by atoms with van der Waals surface area (Å²) in [6.45, 7) is 2.88. The Kier molecular flexibility index (Phi) is 5.44. The zero-order valence-corrected chi connectivity index (χ0v) is 9.56. The number of amides is 1. The van der Waals surface area contributed by atoms with Crippen molar-refractivity contribution in [3.63, 3.8) is 0 Å². The minimum absolute atomic E-state index is 0.214. The van der Waals surface area contributed by atoms with Crippen molar-refractivity contribution in [2.24, 2.45) is 0 Å². The summed E-state index contributed by atoms with van der Waals surface area (Å²) in [6.07, 6.45) is 1.39. The molecule has 0 unspecified atom stereocenters. The average molecular weight is 227 g/mol. The average Bonchev–Trinajstić information content (AvgIpc) is 2.79. The van der Waals surface area contributed by atoms with Crippen molar-refractivity contribution in [2.75, 3.05) is 40.4 Å². The van der Waals surface area contributed by atoms with Crippen molar-refractivity contribution in [1.82, 2.24) is 25.6 Å². The number of hydrogen-bond acceptors (Lipinski definition) is 5. The lowest BCUT2D eigenvalue weighted by Gasteiger charge is -2.15. The molecule has 0 bridgehead atoms. The lowest BCUT2D eigenvalue weighted by Crippen LogP contribution is -2.34. The van der Waals surface area contributed by atoms with E-state index in [1.54, 1.807) is 7.11 Å². The Morgan fingerprint density at radius 2 is 2.44 bits per heavy atom. The molecule has 1 rings (SSSR count). The minimum Gasteiger partial charge on any atom is -0.383 e. The second-order valence-corrected chi connectivity index (χ2v) is 3.41. The third-order valence-electron chi connectivity index (χ3n) is 2.10. The van der Waals surface area contributed by atoms with Crippen molar-refractivity contribution in [1.29, 1.82) is 0 Å². The molecule has 7 heteroatoms. The first-order chi connectivity index (χ1) is 7.74. The van der Waals surface area contributed by atoms with Gasteiger partial charge in [-0.2, -0.15) is 15.4 Å². The van der Waals surface area contributed by atoms with E-state index in [1.807, 2.05) is 7.05 Å². The quantitative estimate of drug-likeness (QED) is 0.631. The van der Waals surface area contributed by atoms with E-state index in [0.717, 1.165) is 13.1 Å². The Balaban J connectivity index is 2.13. The zero-order valence-electron chi connectivity index (χ0n) is 9.56. The van der Waals surface area contributed by atoms with Gasteiger partial charge in [0.25, 0.3) is 5.91 Å². The summed E-state index contributed by atoms with van der Waals surface area (Å²) in [7, 11) is 3.64. The molecule has 2 N–H and O–H groups in total. The Hall–Kier alpha value is -1.47. The number of likely N-dealkylation sites (N-methyl/N-ethyl adjacent to an activating group) is 1. The SMILES string of the molecule is COCCN(C)CCNC(=O)c1cn[nH]n1. The van der Waals surface area contributed by atoms with E-state index in [1.165, 1.54) is 6.20 Å². The van der Waals surface area contributed by atoms with Gasteiger partial charge in [0, 0.05) is 26.7 Å². The second-order valence-electron chi connectivity index (χ2n) is 3.41. The molecule has 0 atom stereocenters. The number of rotatable bonds is 7. The Labute approximate surface area is 94.2 Å². The molecule has 1 amide bonds. The molecular formula is C9H17N5O2. The molecular weight excluding hydrogens is 210 g/mol. The van der Waals surface area contributed by atoms with Crippen LogP contribution < -0.4 is 5.32 Å². The van der Waals surface area contributed by atoms with Crippen LogP contribution in [0.3, 0.4) is 0 Å². The first-order valence-electron chi connectivity index (χ1n) is 5.05. The Morgan fingerprint density at radius 3 is 3.06 bits per heavy atom. The summed E-state index contributed by atoms with van der Waals surface area (Å²) >= 11 is 0. The van der Waals surface area contributed by atoms with E-state index >= 15 is 0 Å². The maximum Gasteiger partial charge on any atom is 0.273 e. The third-order valence-corrected chi connectivity index (χ3v) is 2.10. The van der Waals surface area contributed by atoms with Crippen LogP contribution in [0.4, 0.5) is 0 Å². The molecule has 1 heterocycles. The van der Waals surface area contributed by atoms with Gasteiger partial charge in [-0.05, 0) is 7.05 Å². The number of aromatic amines is 1. The lowest BCUT2D eigenvalue weighted by molar-refractivity contribution is 0.0942. The van der Waals surface area contributed by atoms with Crippen LogP contribution in [0.15, 0.2) is 6.20 Å². The van der Waals surface area contributed by atoms with Gasteiger partial charge in [-0.3, -0.25) is 4.79 Å². The van der Waals surface area contributed by atoms with Crippen LogP contribution in [0.2, 0.25) is 0 Å². The van der Waals surface area contributed by atoms with Gasteiger partial charge in [0.1, 0.15) is 0 Å². The number of H-pyrrole nitrogens is 1. The van der Waals surface area contributed by atoms with E-state index in [2.05, 4.69) is 25.6 Å². The Bertz CT molecular complexity index is 301. The standard InChI is InChI=1S/C9H17N5O2/c1-14(5-6-16-2)4-3-10-9(15)8-7-11-13-12-8/h7H,3-6H2,1-2H3,(H,10,15)(H,11,12,13). The van der Waals surface area contributed by atoms with Gasteiger partial charge in [-0.15, -0.1) is 0 Å². The van der Waals surface area contributed by atoms with Crippen LogP contribution in [0.5, 0.6) is 0 Å². The van der Waals surface area contributed by atoms with Crippen LogP contribution in [0.1, 0.15) is 10.5 Å². The van der Waals surface area contributed by atoms with Crippen LogP contribution in [0, 0.1) is 0 Å². The topological polar surface area (TPSA) is 83.1 Å². The van der Waals surface area contributed by atoms with Gasteiger partial charge in [-0.1, -0.05) is 0 Å². The molecule has 90 valence electrons. The van der Waals surface area contributed by atoms with Crippen molar-refractivity contribution in [3.05, 3.63) is 11.9 Å². The fourth-order valence-corrected chi connectivity index (χ4v) is 1.12. The van der Waals surface area contributed by atoms with Crippen LogP contribution in [-0.4, -0.2) is 66.6 Å². The van der Waals surface area contributed by atoms with Gasteiger partial charge >= 0.3 is 0 Å². The highest BCUT2D eigenvalue weighted by Gasteiger charge is 2.07. The highest BCUT2D eigenvalue weighted by molar-refractivity contribution is 5.91. The number of ether oxygens (including phenoxy) is 1. The number of nitrogens with zero attached hydrogens (tertiary/aromatic N) is 3. The number of aromatic nitrogens is 3. The molecule has 1 aromatic rings. The summed E-state index contributed by atoms with van der Waals surface area (Å²) < 4.78 is 4.95. The molecule has 0 saturated carbocycles. The largest absolute Gasteiger partial charge is 0.383 e. The predicted molar refractivity (Wildman–Crippen MR) is 58.1 cm³/mol. The number of carbonyl (C=O) groups excluding carboxylic acids is 1. The number of methoxy groups -OCH3 is 1. The van der Waals surface area contributed by atoms with Crippen molar-refractivity contribution in [2.45, 2.75) is 0 Å². The molecule has 1 aromatic heterocycles. The van der Waals surface area contributed by atoms with Crippen molar-refractivity contribution < 1.29 is 9.53 Å². The molecule has 0 saturated heterocycles. The van der Waals surface area contributed by atoms with E-state index < -0.39 is 0 Å². The maximum atomic E-state index is 11.4. The van der Waals surface area contributed by atoms with Crippen molar-refractivity contribution >= 4 is 5.91 Å². The molecule has 0 aliphatic carbocycles. The summed E-state index contributed by atoms with van der Waals surface area (Å²) in [5.74, 6) is -0.214. The molecule has 0 spiro atoms. The van der Waals surface area contributed by atoms with Gasteiger partial charge < -0.3 is 15.0 Å². The summed E-state index contributed by atoms with van der Waals surface area (Å²) in [4.78, 5) is 13.5. The molecule has 0 aromatic carbocycles. The molecule has 0 fully saturated rings. The first kappa shape index (κ1) is 12.6. The highest BCUT2D eigenvalue weighted by Crippen LogP contribution is 1.87. The number of carbonyl (C=O) groups is 1. The van der Waals surface area contributed by atoms with Gasteiger partial charge in [0.05, 0.1) is 12.8 Å². The number of hydrogen-bond donors (Lipinski definition) is 2.